The number of benzene rings is 2. The molecule has 1 unspecified atom stereocenters. The largest absolute Gasteiger partial charge is 0.496 e. The molecule has 1 heterocycles. The molecule has 0 aliphatic rings. The number of aromatic nitrogens is 2. The van der Waals surface area contributed by atoms with Gasteiger partial charge in [-0.2, -0.15) is 18.3 Å². The van der Waals surface area contributed by atoms with Crippen molar-refractivity contribution in [3.63, 3.8) is 0 Å². The number of hydrogen-bond acceptors (Lipinski definition) is 4. The first-order valence-corrected chi connectivity index (χ1v) is 9.66. The van der Waals surface area contributed by atoms with Gasteiger partial charge in [-0.15, -0.1) is 0 Å². The quantitative estimate of drug-likeness (QED) is 0.520. The Kier molecular flexibility index (Phi) is 5.92. The third kappa shape index (κ3) is 4.61. The topological polar surface area (TPSA) is 59.3 Å². The van der Waals surface area contributed by atoms with Gasteiger partial charge in [0.15, 0.2) is 5.60 Å². The minimum atomic E-state index is -4.93. The molecule has 5 nitrogen and oxygen atoms in total. The van der Waals surface area contributed by atoms with Crippen molar-refractivity contribution in [2.45, 2.75) is 37.5 Å². The van der Waals surface area contributed by atoms with Crippen LogP contribution in [0.2, 0.25) is 0 Å². The van der Waals surface area contributed by atoms with Gasteiger partial charge in [-0.25, -0.2) is 4.39 Å². The van der Waals surface area contributed by atoms with E-state index in [0.717, 1.165) is 6.07 Å². The maximum Gasteiger partial charge on any atom is 0.418 e. The minimum Gasteiger partial charge on any atom is -0.496 e. The van der Waals surface area contributed by atoms with E-state index in [1.54, 1.807) is 36.1 Å². The summed E-state index contributed by atoms with van der Waals surface area (Å²) in [5, 5.41) is 18.4. The van der Waals surface area contributed by atoms with Crippen LogP contribution in [0.3, 0.4) is 0 Å². The van der Waals surface area contributed by atoms with Gasteiger partial charge in [0.05, 0.1) is 19.2 Å². The maximum atomic E-state index is 14.0. The van der Waals surface area contributed by atoms with Gasteiger partial charge >= 0.3 is 6.18 Å². The zero-order chi connectivity index (χ0) is 23.0. The smallest absolute Gasteiger partial charge is 0.418 e. The van der Waals surface area contributed by atoms with Gasteiger partial charge < -0.3 is 15.2 Å². The highest BCUT2D eigenvalue weighted by Crippen LogP contribution is 2.44. The summed E-state index contributed by atoms with van der Waals surface area (Å²) in [5.41, 5.74) is -3.05. The number of rotatable bonds is 7. The fraction of sp³-hybridized carbons (Fsp3) is 0.409. The first-order chi connectivity index (χ1) is 14.4. The van der Waals surface area contributed by atoms with Gasteiger partial charge in [-0.3, -0.25) is 4.68 Å². The number of anilines is 1. The van der Waals surface area contributed by atoms with Crippen LogP contribution in [-0.4, -0.2) is 40.3 Å². The number of fused-ring (bicyclic) bond motifs is 1. The molecule has 3 aromatic rings. The van der Waals surface area contributed by atoms with E-state index >= 15 is 0 Å². The Morgan fingerprint density at radius 1 is 1.16 bits per heavy atom. The van der Waals surface area contributed by atoms with Crippen LogP contribution in [0.25, 0.3) is 10.9 Å². The summed E-state index contributed by atoms with van der Waals surface area (Å²) in [6.07, 6.45) is -3.95. The summed E-state index contributed by atoms with van der Waals surface area (Å²) < 4.78 is 62.7. The molecule has 0 amide bonds. The number of nitrogens with zero attached hydrogens (tertiary/aromatic N) is 2. The molecule has 0 saturated heterocycles. The maximum absolute atomic E-state index is 14.0. The minimum absolute atomic E-state index is 0.243. The Labute approximate surface area is 177 Å². The van der Waals surface area contributed by atoms with Crippen molar-refractivity contribution in [2.75, 3.05) is 19.0 Å². The molecule has 0 fully saturated rings. The molecule has 31 heavy (non-hydrogen) atoms. The number of ether oxygens (including phenoxy) is 1. The van der Waals surface area contributed by atoms with Crippen molar-refractivity contribution in [1.82, 2.24) is 9.78 Å². The third-order valence-electron chi connectivity index (χ3n) is 5.39. The molecule has 0 bridgehead atoms. The van der Waals surface area contributed by atoms with Gasteiger partial charge in [0, 0.05) is 29.9 Å². The van der Waals surface area contributed by atoms with E-state index in [0.29, 0.717) is 16.6 Å². The molecule has 168 valence electrons. The highest BCUT2D eigenvalue weighted by Gasteiger charge is 2.56. The SMILES string of the molecule is COc1ccc(F)cc1C(C)(C)CC(O)(CNc1cccc2nn(C)cc12)C(F)(F)F. The van der Waals surface area contributed by atoms with Crippen LogP contribution in [0.5, 0.6) is 5.75 Å². The van der Waals surface area contributed by atoms with Crippen LogP contribution in [-0.2, 0) is 12.5 Å². The van der Waals surface area contributed by atoms with Crippen LogP contribution < -0.4 is 10.1 Å². The zero-order valence-electron chi connectivity index (χ0n) is 17.7. The van der Waals surface area contributed by atoms with Crippen LogP contribution >= 0.6 is 0 Å². The lowest BCUT2D eigenvalue weighted by atomic mass is 9.74. The third-order valence-corrected chi connectivity index (χ3v) is 5.39. The fourth-order valence-corrected chi connectivity index (χ4v) is 3.86. The molecule has 3 rings (SSSR count). The highest BCUT2D eigenvalue weighted by molar-refractivity contribution is 5.91. The zero-order valence-corrected chi connectivity index (χ0v) is 17.7. The normalized spacial score (nSPS) is 14.5. The molecule has 2 aromatic carbocycles. The van der Waals surface area contributed by atoms with Crippen molar-refractivity contribution < 1.29 is 27.4 Å². The molecular formula is C22H25F4N3O2. The second kappa shape index (κ2) is 8.03. The Morgan fingerprint density at radius 3 is 2.52 bits per heavy atom. The van der Waals surface area contributed by atoms with E-state index in [1.807, 2.05) is 0 Å². The van der Waals surface area contributed by atoms with Crippen LogP contribution in [0.15, 0.2) is 42.6 Å². The molecule has 0 radical (unpaired) electrons. The predicted molar refractivity (Wildman–Crippen MR) is 111 cm³/mol. The second-order valence-electron chi connectivity index (χ2n) is 8.33. The van der Waals surface area contributed by atoms with Crippen molar-refractivity contribution in [3.8, 4) is 5.75 Å². The predicted octanol–water partition coefficient (Wildman–Crippen LogP) is 4.79. The Morgan fingerprint density at radius 2 is 1.87 bits per heavy atom. The molecule has 1 aromatic heterocycles. The van der Waals surface area contributed by atoms with Crippen molar-refractivity contribution in [2.24, 2.45) is 7.05 Å². The lowest BCUT2D eigenvalue weighted by molar-refractivity contribution is -0.260. The van der Waals surface area contributed by atoms with E-state index in [1.165, 1.54) is 33.1 Å². The molecule has 9 heteroatoms. The van der Waals surface area contributed by atoms with E-state index in [-0.39, 0.29) is 11.3 Å². The van der Waals surface area contributed by atoms with Gasteiger partial charge in [-0.05, 0) is 42.2 Å². The molecule has 0 aliphatic carbocycles. The average Bonchev–Trinajstić information content (AvgIpc) is 3.06. The summed E-state index contributed by atoms with van der Waals surface area (Å²) >= 11 is 0. The number of aryl methyl sites for hydroxylation is 1. The van der Waals surface area contributed by atoms with Gasteiger partial charge in [0.2, 0.25) is 0 Å². The number of methoxy groups -OCH3 is 1. The Hall–Kier alpha value is -2.81. The van der Waals surface area contributed by atoms with Gasteiger partial charge in [0.1, 0.15) is 11.6 Å². The summed E-state index contributed by atoms with van der Waals surface area (Å²) in [6.45, 7) is 2.25. The van der Waals surface area contributed by atoms with E-state index in [4.69, 9.17) is 4.74 Å². The Bertz CT molecular complexity index is 1080. The Balaban J connectivity index is 1.93. The molecular weight excluding hydrogens is 414 g/mol. The van der Waals surface area contributed by atoms with Crippen LogP contribution in [0.4, 0.5) is 23.2 Å². The monoisotopic (exact) mass is 439 g/mol. The summed E-state index contributed by atoms with van der Waals surface area (Å²) in [6, 6.07) is 8.72. The summed E-state index contributed by atoms with van der Waals surface area (Å²) in [4.78, 5) is 0. The molecule has 0 aliphatic heterocycles. The number of halogens is 4. The van der Waals surface area contributed by atoms with Crippen molar-refractivity contribution in [1.29, 1.82) is 0 Å². The highest BCUT2D eigenvalue weighted by atomic mass is 19.4. The number of hydrogen-bond donors (Lipinski definition) is 2. The molecule has 0 saturated carbocycles. The van der Waals surface area contributed by atoms with E-state index in [2.05, 4.69) is 10.4 Å². The number of alkyl halides is 3. The van der Waals surface area contributed by atoms with E-state index in [9.17, 15) is 22.7 Å². The fourth-order valence-electron chi connectivity index (χ4n) is 3.86. The van der Waals surface area contributed by atoms with Crippen LogP contribution in [0, 0.1) is 5.82 Å². The number of nitrogens with one attached hydrogen (secondary N) is 1. The van der Waals surface area contributed by atoms with Crippen molar-refractivity contribution in [3.05, 3.63) is 54.0 Å². The lowest BCUT2D eigenvalue weighted by Gasteiger charge is -2.38. The second-order valence-corrected chi connectivity index (χ2v) is 8.33. The van der Waals surface area contributed by atoms with Crippen LogP contribution in [0.1, 0.15) is 25.8 Å². The standard InChI is InChI=1S/C22H25F4N3O2/c1-20(2,16-10-14(23)8-9-19(16)31-4)12-21(30,22(24,25)26)13-27-17-6-5-7-18-15(17)11-29(3)28-18/h5-11,27,30H,12-13H2,1-4H3. The van der Waals surface area contributed by atoms with Gasteiger partial charge in [0.25, 0.3) is 0 Å². The number of aliphatic hydroxyl groups is 1. The molecule has 0 spiro atoms. The average molecular weight is 439 g/mol. The molecule has 1 atom stereocenters. The van der Waals surface area contributed by atoms with Gasteiger partial charge in [-0.1, -0.05) is 19.9 Å². The lowest BCUT2D eigenvalue weighted by Crippen LogP contribution is -2.53. The summed E-state index contributed by atoms with van der Waals surface area (Å²) in [7, 11) is 3.07. The first-order valence-electron chi connectivity index (χ1n) is 9.66. The van der Waals surface area contributed by atoms with E-state index < -0.39 is 36.0 Å². The molecule has 2 N–H and O–H groups in total. The summed E-state index contributed by atoms with van der Waals surface area (Å²) in [5.74, 6) is -0.343. The van der Waals surface area contributed by atoms with Crippen molar-refractivity contribution >= 4 is 16.6 Å². The first kappa shape index (κ1) is 22.9.